The highest BCUT2D eigenvalue weighted by Gasteiger charge is 2.23. The van der Waals surface area contributed by atoms with Crippen LogP contribution in [0.3, 0.4) is 0 Å². The number of benzene rings is 1. The Balaban J connectivity index is 1.37. The number of carbonyl (C=O) groups excluding carboxylic acids is 1. The number of hydrogen-bond donors (Lipinski definition) is 0. The minimum atomic E-state index is -1.24. The van der Waals surface area contributed by atoms with Gasteiger partial charge in [-0.15, -0.1) is 0 Å². The number of alkyl halides is 1. The molecule has 0 spiro atoms. The topological polar surface area (TPSA) is 77.7 Å². The molecule has 1 aromatic carbocycles. The van der Waals surface area contributed by atoms with E-state index in [1.807, 2.05) is 17.9 Å². The molecule has 1 unspecified atom stereocenters. The van der Waals surface area contributed by atoms with Crippen molar-refractivity contribution >= 4 is 11.9 Å². The number of aryl methyl sites for hydroxylation is 1. The van der Waals surface area contributed by atoms with E-state index in [0.29, 0.717) is 24.0 Å². The van der Waals surface area contributed by atoms with Crippen LogP contribution in [0.25, 0.3) is 0 Å². The van der Waals surface area contributed by atoms with Crippen LogP contribution in [0.1, 0.15) is 60.6 Å². The predicted octanol–water partition coefficient (Wildman–Crippen LogP) is 4.27. The maximum Gasteiger partial charge on any atom is 0.338 e. The van der Waals surface area contributed by atoms with Gasteiger partial charge in [0.2, 0.25) is 0 Å². The fraction of sp³-hybridized carbons (Fsp3) is 0.571. The molecule has 0 amide bonds. The van der Waals surface area contributed by atoms with Crippen molar-refractivity contribution in [1.29, 1.82) is 0 Å². The maximum absolute atomic E-state index is 13.2. The molecule has 1 atom stereocenters. The molecule has 29 heavy (non-hydrogen) atoms. The Morgan fingerprint density at radius 3 is 2.76 bits per heavy atom. The number of hydrogen-bond acceptors (Lipinski definition) is 7. The Morgan fingerprint density at radius 2 is 2.14 bits per heavy atom. The molecule has 0 saturated carbocycles. The minimum absolute atomic E-state index is 0.0362. The molecule has 7 nitrogen and oxygen atoms in total. The van der Waals surface area contributed by atoms with Crippen LogP contribution >= 0.6 is 0 Å². The number of nitrogens with zero attached hydrogens (tertiary/aromatic N) is 3. The van der Waals surface area contributed by atoms with Gasteiger partial charge >= 0.3 is 5.97 Å². The maximum atomic E-state index is 13.2. The SMILES string of the molecule is COC(=O)c1ccc(OCCCC2CCN(c3noc(C(C)F)n3)CC2)cc1C. The summed E-state index contributed by atoms with van der Waals surface area (Å²) in [6.07, 6.45) is 2.90. The lowest BCUT2D eigenvalue weighted by atomic mass is 9.92. The molecular weight excluding hydrogens is 377 g/mol. The molecule has 1 fully saturated rings. The summed E-state index contributed by atoms with van der Waals surface area (Å²) in [6.45, 7) is 5.59. The van der Waals surface area contributed by atoms with Crippen molar-refractivity contribution in [2.45, 2.75) is 45.7 Å². The molecule has 0 bridgehead atoms. The van der Waals surface area contributed by atoms with Crippen LogP contribution in [0.4, 0.5) is 10.3 Å². The summed E-state index contributed by atoms with van der Waals surface area (Å²) in [5.41, 5.74) is 1.40. The van der Waals surface area contributed by atoms with Gasteiger partial charge in [0.15, 0.2) is 6.17 Å². The first kappa shape index (κ1) is 21.1. The van der Waals surface area contributed by atoms with E-state index in [0.717, 1.165) is 50.1 Å². The van der Waals surface area contributed by atoms with Crippen LogP contribution in [0.15, 0.2) is 22.7 Å². The van der Waals surface area contributed by atoms with E-state index in [1.165, 1.54) is 14.0 Å². The first-order valence-corrected chi connectivity index (χ1v) is 10.0. The Bertz CT molecular complexity index is 816. The number of methoxy groups -OCH3 is 1. The quantitative estimate of drug-likeness (QED) is 0.479. The lowest BCUT2D eigenvalue weighted by Crippen LogP contribution is -2.34. The number of ether oxygens (including phenoxy) is 2. The number of esters is 1. The summed E-state index contributed by atoms with van der Waals surface area (Å²) in [7, 11) is 1.38. The van der Waals surface area contributed by atoms with Gasteiger partial charge < -0.3 is 18.9 Å². The Hall–Kier alpha value is -2.64. The highest BCUT2D eigenvalue weighted by molar-refractivity contribution is 5.91. The molecule has 0 aliphatic carbocycles. The number of anilines is 1. The summed E-state index contributed by atoms with van der Waals surface area (Å²) >= 11 is 0. The first-order chi connectivity index (χ1) is 14.0. The third-order valence-electron chi connectivity index (χ3n) is 5.30. The normalized spacial score (nSPS) is 15.9. The van der Waals surface area contributed by atoms with Crippen molar-refractivity contribution < 1.29 is 23.2 Å². The van der Waals surface area contributed by atoms with E-state index >= 15 is 0 Å². The molecule has 1 aliphatic heterocycles. The van der Waals surface area contributed by atoms with Gasteiger partial charge in [-0.1, -0.05) is 0 Å². The molecule has 1 aromatic heterocycles. The minimum Gasteiger partial charge on any atom is -0.494 e. The molecule has 0 radical (unpaired) electrons. The fourth-order valence-electron chi connectivity index (χ4n) is 3.57. The number of rotatable bonds is 8. The second kappa shape index (κ2) is 9.71. The lowest BCUT2D eigenvalue weighted by molar-refractivity contribution is 0.0600. The van der Waals surface area contributed by atoms with E-state index in [9.17, 15) is 9.18 Å². The summed E-state index contributed by atoms with van der Waals surface area (Å²) in [5.74, 6) is 1.58. The van der Waals surface area contributed by atoms with E-state index in [2.05, 4.69) is 10.1 Å². The van der Waals surface area contributed by atoms with Gasteiger partial charge in [-0.2, -0.15) is 4.98 Å². The molecule has 1 saturated heterocycles. The number of halogens is 1. The van der Waals surface area contributed by atoms with Gasteiger partial charge in [0.1, 0.15) is 5.75 Å². The van der Waals surface area contributed by atoms with Crippen molar-refractivity contribution in [3.63, 3.8) is 0 Å². The largest absolute Gasteiger partial charge is 0.494 e. The van der Waals surface area contributed by atoms with Crippen LogP contribution in [-0.2, 0) is 4.74 Å². The molecule has 0 N–H and O–H groups in total. The standard InChI is InChI=1S/C21H28FN3O4/c1-14-13-17(6-7-18(14)20(26)27-3)28-12-4-5-16-8-10-25(11-9-16)21-23-19(15(2)22)29-24-21/h6-7,13,15-16H,4-5,8-12H2,1-3H3. The second-order valence-electron chi connectivity index (χ2n) is 7.44. The van der Waals surface area contributed by atoms with Crippen LogP contribution in [0, 0.1) is 12.8 Å². The number of aromatic nitrogens is 2. The monoisotopic (exact) mass is 405 g/mol. The highest BCUT2D eigenvalue weighted by Crippen LogP contribution is 2.26. The summed E-state index contributed by atoms with van der Waals surface area (Å²) in [4.78, 5) is 17.8. The first-order valence-electron chi connectivity index (χ1n) is 10.0. The molecule has 2 aromatic rings. The summed E-state index contributed by atoms with van der Waals surface area (Å²) in [6, 6.07) is 5.40. The van der Waals surface area contributed by atoms with E-state index in [4.69, 9.17) is 14.0 Å². The van der Waals surface area contributed by atoms with Crippen LogP contribution in [0.2, 0.25) is 0 Å². The van der Waals surface area contributed by atoms with Crippen molar-refractivity contribution in [3.05, 3.63) is 35.2 Å². The van der Waals surface area contributed by atoms with Crippen LogP contribution < -0.4 is 9.64 Å². The average Bonchev–Trinajstić information content (AvgIpc) is 3.22. The van der Waals surface area contributed by atoms with Gasteiger partial charge in [-0.05, 0) is 74.4 Å². The van der Waals surface area contributed by atoms with E-state index < -0.39 is 6.17 Å². The lowest BCUT2D eigenvalue weighted by Gasteiger charge is -2.30. The zero-order valence-electron chi connectivity index (χ0n) is 17.2. The Kier molecular flexibility index (Phi) is 7.06. The third-order valence-corrected chi connectivity index (χ3v) is 5.30. The van der Waals surface area contributed by atoms with E-state index in [1.54, 1.807) is 12.1 Å². The van der Waals surface area contributed by atoms with Gasteiger partial charge in [-0.3, -0.25) is 0 Å². The summed E-state index contributed by atoms with van der Waals surface area (Å²) in [5, 5.41) is 3.88. The van der Waals surface area contributed by atoms with Crippen molar-refractivity contribution in [3.8, 4) is 5.75 Å². The number of carbonyl (C=O) groups is 1. The molecule has 2 heterocycles. The smallest absolute Gasteiger partial charge is 0.338 e. The average molecular weight is 405 g/mol. The van der Waals surface area contributed by atoms with Crippen molar-refractivity contribution in [2.24, 2.45) is 5.92 Å². The third kappa shape index (κ3) is 5.46. The Morgan fingerprint density at radius 1 is 1.38 bits per heavy atom. The molecular formula is C21H28FN3O4. The fourth-order valence-corrected chi connectivity index (χ4v) is 3.57. The molecule has 8 heteroatoms. The van der Waals surface area contributed by atoms with Gasteiger partial charge in [0, 0.05) is 13.1 Å². The highest BCUT2D eigenvalue weighted by atomic mass is 19.1. The molecule has 3 rings (SSSR count). The van der Waals surface area contributed by atoms with Crippen LogP contribution in [-0.4, -0.2) is 42.9 Å². The molecule has 158 valence electrons. The zero-order chi connectivity index (χ0) is 20.8. The second-order valence-corrected chi connectivity index (χ2v) is 7.44. The molecule has 1 aliphatic rings. The predicted molar refractivity (Wildman–Crippen MR) is 106 cm³/mol. The van der Waals surface area contributed by atoms with E-state index in [-0.39, 0.29) is 11.9 Å². The van der Waals surface area contributed by atoms with Gasteiger partial charge in [-0.25, -0.2) is 9.18 Å². The number of piperidine rings is 1. The van der Waals surface area contributed by atoms with Gasteiger partial charge in [0.05, 0.1) is 19.3 Å². The zero-order valence-corrected chi connectivity index (χ0v) is 17.2. The van der Waals surface area contributed by atoms with Crippen molar-refractivity contribution in [1.82, 2.24) is 10.1 Å². The van der Waals surface area contributed by atoms with Gasteiger partial charge in [0.25, 0.3) is 11.8 Å². The summed E-state index contributed by atoms with van der Waals surface area (Å²) < 4.78 is 28.7. The van der Waals surface area contributed by atoms with Crippen LogP contribution in [0.5, 0.6) is 5.75 Å². The van der Waals surface area contributed by atoms with Crippen molar-refractivity contribution in [2.75, 3.05) is 31.7 Å². The Labute approximate surface area is 170 Å².